The average molecular weight is 869 g/mol. The zero-order chi connectivity index (χ0) is 45.2. The Balaban J connectivity index is 1.14. The minimum absolute atomic E-state index is 0.466. The van der Waals surface area contributed by atoms with E-state index in [4.69, 9.17) is 8.83 Å². The zero-order valence-electron chi connectivity index (χ0n) is 39.1. The van der Waals surface area contributed by atoms with Crippen molar-refractivity contribution in [2.75, 3.05) is 9.80 Å². The molecule has 1 fully saturated rings. The second-order valence-corrected chi connectivity index (χ2v) is 19.4. The van der Waals surface area contributed by atoms with E-state index in [0.29, 0.717) is 5.92 Å². The predicted octanol–water partition coefficient (Wildman–Crippen LogP) is 18.8. The third-order valence-corrected chi connectivity index (χ3v) is 15.6. The molecule has 1 saturated carbocycles. The van der Waals surface area contributed by atoms with Gasteiger partial charge < -0.3 is 18.6 Å². The van der Waals surface area contributed by atoms with Crippen LogP contribution < -0.4 is 9.80 Å². The van der Waals surface area contributed by atoms with Crippen molar-refractivity contribution in [3.63, 3.8) is 0 Å². The third-order valence-electron chi connectivity index (χ3n) is 15.6. The summed E-state index contributed by atoms with van der Waals surface area (Å²) in [5.41, 5.74) is 19.4. The largest absolute Gasteiger partial charge is 0.454 e. The molecular formula is C63H52N2O2. The second-order valence-electron chi connectivity index (χ2n) is 19.4. The highest BCUT2D eigenvalue weighted by atomic mass is 16.3. The molecule has 4 nitrogen and oxygen atoms in total. The lowest BCUT2D eigenvalue weighted by atomic mass is 9.85. The molecule has 4 heteroatoms. The summed E-state index contributed by atoms with van der Waals surface area (Å²) < 4.78 is 13.7. The summed E-state index contributed by atoms with van der Waals surface area (Å²) >= 11 is 0. The summed E-state index contributed by atoms with van der Waals surface area (Å²) in [5.74, 6) is 0.466. The maximum atomic E-state index is 6.89. The predicted molar refractivity (Wildman–Crippen MR) is 284 cm³/mol. The molecule has 326 valence electrons. The molecule has 0 atom stereocenters. The minimum Gasteiger partial charge on any atom is -0.454 e. The molecule has 1 aliphatic carbocycles. The number of benzene rings is 10. The average Bonchev–Trinajstić information content (AvgIpc) is 4.11. The van der Waals surface area contributed by atoms with Crippen molar-refractivity contribution in [3.8, 4) is 0 Å². The van der Waals surface area contributed by atoms with Crippen LogP contribution in [-0.4, -0.2) is 0 Å². The fourth-order valence-electron chi connectivity index (χ4n) is 11.8. The lowest BCUT2D eigenvalue weighted by Gasteiger charge is -2.31. The number of hydrogen-bond donors (Lipinski definition) is 0. The third kappa shape index (κ3) is 5.98. The molecule has 13 rings (SSSR count). The molecule has 0 bridgehead atoms. The fourth-order valence-corrected chi connectivity index (χ4v) is 11.8. The van der Waals surface area contributed by atoms with Crippen LogP contribution in [0.15, 0.2) is 160 Å². The highest BCUT2D eigenvalue weighted by Gasteiger charge is 2.29. The van der Waals surface area contributed by atoms with E-state index in [9.17, 15) is 0 Å². The summed E-state index contributed by atoms with van der Waals surface area (Å²) in [6, 6.07) is 56.4. The normalized spacial score (nSPS) is 13.5. The first-order valence-electron chi connectivity index (χ1n) is 24.0. The first-order chi connectivity index (χ1) is 32.7. The van der Waals surface area contributed by atoms with Crippen LogP contribution in [0.2, 0.25) is 0 Å². The number of furan rings is 2. The van der Waals surface area contributed by atoms with Crippen LogP contribution in [-0.2, 0) is 0 Å². The van der Waals surface area contributed by atoms with Gasteiger partial charge in [-0.1, -0.05) is 104 Å². The maximum Gasteiger partial charge on any atom is 0.159 e. The van der Waals surface area contributed by atoms with E-state index in [0.717, 1.165) is 72.3 Å². The van der Waals surface area contributed by atoms with Crippen molar-refractivity contribution >= 4 is 110 Å². The molecule has 10 aromatic carbocycles. The number of aryl methyl sites for hydroxylation is 4. The fraction of sp³-hybridized carbons (Fsp3) is 0.175. The number of hydrogen-bond acceptors (Lipinski definition) is 4. The Bertz CT molecular complexity index is 3930. The Morgan fingerprint density at radius 2 is 0.851 bits per heavy atom. The molecule has 67 heavy (non-hydrogen) atoms. The zero-order valence-corrected chi connectivity index (χ0v) is 39.1. The van der Waals surface area contributed by atoms with Crippen LogP contribution >= 0.6 is 0 Å². The molecule has 2 heterocycles. The number of nitrogens with zero attached hydrogens (tertiary/aromatic N) is 2. The van der Waals surface area contributed by atoms with E-state index in [2.05, 4.69) is 203 Å². The van der Waals surface area contributed by atoms with Gasteiger partial charge in [0, 0.05) is 43.7 Å². The highest BCUT2D eigenvalue weighted by Crippen LogP contribution is 2.53. The standard InChI is InChI=1S/C63H52N2O2/c1-36-31-44(32-37(2)40(36)5)64(55-21-13-19-49-46-17-9-11-23-58(46)66-62(49)55)54-30-26-43-25-27-52-57(35-53(42-15-7-8-16-42)48-28-29-51(54)60(43)61(48)52)65(45-33-38(3)41(6)39(4)34-45)56-22-14-20-50-47-18-10-12-24-59(47)67-63(50)56/h9-14,17-35,42H,7-8,15-16H2,1-6H3. The van der Waals surface area contributed by atoms with Crippen molar-refractivity contribution in [1.82, 2.24) is 0 Å². The summed E-state index contributed by atoms with van der Waals surface area (Å²) in [6.45, 7) is 13.4. The molecule has 0 aliphatic heterocycles. The van der Waals surface area contributed by atoms with Crippen molar-refractivity contribution in [2.24, 2.45) is 0 Å². The van der Waals surface area contributed by atoms with Gasteiger partial charge >= 0.3 is 0 Å². The minimum atomic E-state index is 0.466. The van der Waals surface area contributed by atoms with Gasteiger partial charge in [-0.15, -0.1) is 0 Å². The van der Waals surface area contributed by atoms with E-state index in [1.807, 2.05) is 0 Å². The van der Waals surface area contributed by atoms with Crippen LogP contribution in [0.3, 0.4) is 0 Å². The molecule has 12 aromatic rings. The first kappa shape index (κ1) is 39.8. The number of rotatable bonds is 7. The van der Waals surface area contributed by atoms with Gasteiger partial charge in [-0.3, -0.25) is 0 Å². The molecule has 0 amide bonds. The van der Waals surface area contributed by atoms with Crippen LogP contribution in [0.4, 0.5) is 34.1 Å². The van der Waals surface area contributed by atoms with Crippen LogP contribution in [0.25, 0.3) is 76.2 Å². The number of fused-ring (bicyclic) bond motifs is 6. The Hall–Kier alpha value is -7.56. The Kier molecular flexibility index (Phi) is 8.90. The van der Waals surface area contributed by atoms with Gasteiger partial charge in [0.15, 0.2) is 11.2 Å². The van der Waals surface area contributed by atoms with E-state index >= 15 is 0 Å². The van der Waals surface area contributed by atoms with E-state index in [-0.39, 0.29) is 0 Å². The van der Waals surface area contributed by atoms with E-state index < -0.39 is 0 Å². The van der Waals surface area contributed by atoms with Gasteiger partial charge in [-0.2, -0.15) is 0 Å². The number of para-hydroxylation sites is 4. The van der Waals surface area contributed by atoms with Crippen molar-refractivity contribution in [1.29, 1.82) is 0 Å². The Labute approximate surface area is 391 Å². The van der Waals surface area contributed by atoms with Crippen LogP contribution in [0.1, 0.15) is 70.5 Å². The van der Waals surface area contributed by atoms with E-state index in [1.54, 1.807) is 0 Å². The van der Waals surface area contributed by atoms with Gasteiger partial charge in [-0.25, -0.2) is 0 Å². The first-order valence-corrected chi connectivity index (χ1v) is 24.0. The van der Waals surface area contributed by atoms with Gasteiger partial charge in [0.25, 0.3) is 0 Å². The van der Waals surface area contributed by atoms with Gasteiger partial charge in [-0.05, 0) is 181 Å². The smallest absolute Gasteiger partial charge is 0.159 e. The van der Waals surface area contributed by atoms with Crippen molar-refractivity contribution < 1.29 is 8.83 Å². The maximum absolute atomic E-state index is 6.89. The Morgan fingerprint density at radius 3 is 1.42 bits per heavy atom. The molecule has 1 aliphatic rings. The summed E-state index contributed by atoms with van der Waals surface area (Å²) in [5, 5.41) is 12.1. The lowest BCUT2D eigenvalue weighted by Crippen LogP contribution is -2.13. The summed E-state index contributed by atoms with van der Waals surface area (Å²) in [4.78, 5) is 4.98. The van der Waals surface area contributed by atoms with E-state index in [1.165, 1.54) is 103 Å². The van der Waals surface area contributed by atoms with Gasteiger partial charge in [0.1, 0.15) is 11.2 Å². The molecule has 0 spiro atoms. The van der Waals surface area contributed by atoms with Gasteiger partial charge in [0.2, 0.25) is 0 Å². The molecule has 2 aromatic heterocycles. The monoisotopic (exact) mass is 868 g/mol. The molecule has 0 radical (unpaired) electrons. The second kappa shape index (κ2) is 15.0. The summed E-state index contributed by atoms with van der Waals surface area (Å²) in [7, 11) is 0. The lowest BCUT2D eigenvalue weighted by molar-refractivity contribution is 0.668. The van der Waals surface area contributed by atoms with Gasteiger partial charge in [0.05, 0.1) is 22.7 Å². The highest BCUT2D eigenvalue weighted by molar-refractivity contribution is 6.29. The number of anilines is 6. The van der Waals surface area contributed by atoms with Crippen molar-refractivity contribution in [3.05, 3.63) is 191 Å². The Morgan fingerprint density at radius 1 is 0.388 bits per heavy atom. The quantitative estimate of drug-likeness (QED) is 0.149. The van der Waals surface area contributed by atoms with Crippen LogP contribution in [0.5, 0.6) is 0 Å². The SMILES string of the molecule is Cc1cc(N(c2ccc3ccc4c(N(c5cc(C)c(C)c(C)c5)c5cccc6c5oc5ccccc56)cc(C5CCCC5)c5ccc2c3c54)c2cccc3c2oc2ccccc23)cc(C)c1C. The summed E-state index contributed by atoms with van der Waals surface area (Å²) in [6.07, 6.45) is 4.89. The topological polar surface area (TPSA) is 32.8 Å². The molecule has 0 saturated heterocycles. The van der Waals surface area contributed by atoms with Crippen molar-refractivity contribution in [2.45, 2.75) is 73.1 Å². The molecular weight excluding hydrogens is 817 g/mol. The van der Waals surface area contributed by atoms with Crippen LogP contribution in [0, 0.1) is 41.5 Å². The molecule has 0 N–H and O–H groups in total. The molecule has 0 unspecified atom stereocenters.